The maximum absolute atomic E-state index is 13.9. The molecule has 1 N–H and O–H groups in total. The van der Waals surface area contributed by atoms with Crippen LogP contribution in [0.1, 0.15) is 41.7 Å². The van der Waals surface area contributed by atoms with Crippen LogP contribution in [-0.4, -0.2) is 40.7 Å². The van der Waals surface area contributed by atoms with Gasteiger partial charge in [0.15, 0.2) is 17.5 Å². The molecule has 0 saturated carbocycles. The number of imidazole rings is 1. The van der Waals surface area contributed by atoms with Gasteiger partial charge in [-0.2, -0.15) is 0 Å². The number of oxime groups is 1. The lowest BCUT2D eigenvalue weighted by molar-refractivity contribution is 0.0577. The van der Waals surface area contributed by atoms with Crippen molar-refractivity contribution in [2.45, 2.75) is 31.8 Å². The number of nitrogens with one attached hydrogen (secondary N) is 1. The number of fused-ring (bicyclic) bond motifs is 1. The highest BCUT2D eigenvalue weighted by Crippen LogP contribution is 2.33. The second kappa shape index (κ2) is 8.92. The van der Waals surface area contributed by atoms with Crippen LogP contribution in [0.3, 0.4) is 0 Å². The number of aromatic nitrogens is 2. The molecule has 0 aliphatic carbocycles. The van der Waals surface area contributed by atoms with Crippen LogP contribution in [0.2, 0.25) is 0 Å². The third-order valence-electron chi connectivity index (χ3n) is 6.21. The summed E-state index contributed by atoms with van der Waals surface area (Å²) in [7, 11) is 1.62. The molecule has 0 spiro atoms. The molecule has 5 rings (SSSR count). The molecule has 0 amide bonds. The van der Waals surface area contributed by atoms with E-state index in [1.165, 1.54) is 0 Å². The highest BCUT2D eigenvalue weighted by Gasteiger charge is 2.33. The Hall–Kier alpha value is -3.69. The maximum Gasteiger partial charge on any atom is 0.237 e. The van der Waals surface area contributed by atoms with Gasteiger partial charge in [0.2, 0.25) is 5.96 Å². The first kappa shape index (κ1) is 22.1. The van der Waals surface area contributed by atoms with E-state index in [9.17, 15) is 13.2 Å². The lowest BCUT2D eigenvalue weighted by atomic mass is 10.0. The quantitative estimate of drug-likeness (QED) is 0.573. The number of benzene rings is 2. The van der Waals surface area contributed by atoms with Crippen LogP contribution in [0.25, 0.3) is 5.69 Å². The van der Waals surface area contributed by atoms with Gasteiger partial charge < -0.3 is 24.4 Å². The van der Waals surface area contributed by atoms with Gasteiger partial charge in [0.05, 0.1) is 36.9 Å². The normalized spacial score (nSPS) is 20.0. The molecule has 3 aromatic rings. The number of guanidine groups is 1. The Balaban J connectivity index is 1.41. The number of ether oxygens (including phenoxy) is 1. The van der Waals surface area contributed by atoms with E-state index in [2.05, 4.69) is 15.5 Å². The third-order valence-corrected chi connectivity index (χ3v) is 6.21. The Morgan fingerprint density at radius 1 is 1.12 bits per heavy atom. The van der Waals surface area contributed by atoms with Crippen molar-refractivity contribution in [3.8, 4) is 11.4 Å². The number of halogens is 3. The standard InChI is InChI=1S/C24H24F3N5O2/c1-14-11-31(13-28-14)20-6-5-15(10-22(20)33-2)19-4-3-7-32-21(12-34-30-24(32)29-19)16-8-17(25)23(27)18(26)9-16/h5-6,8-11,13,19,21H,3-4,7,12H2,1-2H3,(H,29,30). The van der Waals surface area contributed by atoms with Crippen molar-refractivity contribution in [3.05, 3.63) is 77.1 Å². The summed E-state index contributed by atoms with van der Waals surface area (Å²) in [6.07, 6.45) is 5.25. The van der Waals surface area contributed by atoms with Crippen LogP contribution in [0, 0.1) is 24.4 Å². The number of methoxy groups -OCH3 is 1. The molecule has 1 fully saturated rings. The van der Waals surface area contributed by atoms with Gasteiger partial charge >= 0.3 is 0 Å². The van der Waals surface area contributed by atoms with Crippen molar-refractivity contribution in [1.29, 1.82) is 0 Å². The Morgan fingerprint density at radius 2 is 1.91 bits per heavy atom. The van der Waals surface area contributed by atoms with E-state index in [0.717, 1.165) is 41.9 Å². The molecule has 34 heavy (non-hydrogen) atoms. The van der Waals surface area contributed by atoms with Crippen molar-refractivity contribution >= 4 is 5.96 Å². The predicted molar refractivity (Wildman–Crippen MR) is 119 cm³/mol. The molecular weight excluding hydrogens is 447 g/mol. The second-order valence-electron chi connectivity index (χ2n) is 8.41. The van der Waals surface area contributed by atoms with E-state index in [1.54, 1.807) is 13.4 Å². The number of aryl methyl sites for hydroxylation is 1. The van der Waals surface area contributed by atoms with Gasteiger partial charge in [0.1, 0.15) is 12.4 Å². The molecule has 10 heteroatoms. The Labute approximate surface area is 194 Å². The largest absolute Gasteiger partial charge is 0.495 e. The monoisotopic (exact) mass is 471 g/mol. The molecule has 178 valence electrons. The zero-order valence-corrected chi connectivity index (χ0v) is 18.8. The maximum atomic E-state index is 13.9. The lowest BCUT2D eigenvalue weighted by Gasteiger charge is -2.35. The average molecular weight is 471 g/mol. The van der Waals surface area contributed by atoms with E-state index in [0.29, 0.717) is 23.8 Å². The number of nitrogens with zero attached hydrogens (tertiary/aromatic N) is 4. The minimum absolute atomic E-state index is 0.0831. The molecule has 1 aromatic heterocycles. The van der Waals surface area contributed by atoms with Crippen molar-refractivity contribution < 1.29 is 22.7 Å². The highest BCUT2D eigenvalue weighted by molar-refractivity contribution is 5.81. The van der Waals surface area contributed by atoms with Crippen molar-refractivity contribution in [2.75, 3.05) is 20.3 Å². The smallest absolute Gasteiger partial charge is 0.237 e. The Morgan fingerprint density at radius 3 is 2.62 bits per heavy atom. The average Bonchev–Trinajstić information content (AvgIpc) is 3.15. The van der Waals surface area contributed by atoms with Gasteiger partial charge in [0.25, 0.3) is 0 Å². The summed E-state index contributed by atoms with van der Waals surface area (Å²) in [6.45, 7) is 2.63. The SMILES string of the molecule is COc1cc(C2CCCN3C(=NOCC3c3cc(F)c(F)c(F)c3)N2)ccc1-n1cnc(C)c1. The Kier molecular flexibility index (Phi) is 5.80. The van der Waals surface area contributed by atoms with E-state index >= 15 is 0 Å². The molecule has 2 aliphatic heterocycles. The van der Waals surface area contributed by atoms with Crippen LogP contribution in [0.15, 0.2) is 48.0 Å². The minimum Gasteiger partial charge on any atom is -0.495 e. The molecule has 7 nitrogen and oxygen atoms in total. The molecule has 0 radical (unpaired) electrons. The second-order valence-corrected chi connectivity index (χ2v) is 8.41. The number of hydrogen-bond acceptors (Lipinski definition) is 6. The van der Waals surface area contributed by atoms with Gasteiger partial charge in [-0.05, 0) is 60.3 Å². The summed E-state index contributed by atoms with van der Waals surface area (Å²) in [6, 6.07) is 7.42. The molecule has 1 saturated heterocycles. The minimum atomic E-state index is -1.48. The first-order chi connectivity index (χ1) is 16.4. The molecule has 3 heterocycles. The fraction of sp³-hybridized carbons (Fsp3) is 0.333. The molecule has 0 bridgehead atoms. The topological polar surface area (TPSA) is 63.9 Å². The summed E-state index contributed by atoms with van der Waals surface area (Å²) in [5.41, 5.74) is 3.08. The zero-order valence-electron chi connectivity index (χ0n) is 18.8. The summed E-state index contributed by atoms with van der Waals surface area (Å²) in [5, 5.41) is 7.57. The fourth-order valence-electron chi connectivity index (χ4n) is 4.49. The number of hydrogen-bond donors (Lipinski definition) is 1. The first-order valence-electron chi connectivity index (χ1n) is 11.0. The lowest BCUT2D eigenvalue weighted by Crippen LogP contribution is -2.46. The van der Waals surface area contributed by atoms with Crippen LogP contribution < -0.4 is 10.1 Å². The van der Waals surface area contributed by atoms with Crippen molar-refractivity contribution in [3.63, 3.8) is 0 Å². The first-order valence-corrected chi connectivity index (χ1v) is 11.0. The predicted octanol–water partition coefficient (Wildman–Crippen LogP) is 4.38. The van der Waals surface area contributed by atoms with Gasteiger partial charge in [-0.1, -0.05) is 6.07 Å². The highest BCUT2D eigenvalue weighted by atomic mass is 19.2. The molecule has 2 aliphatic rings. The van der Waals surface area contributed by atoms with Crippen LogP contribution in [0.5, 0.6) is 5.75 Å². The van der Waals surface area contributed by atoms with Gasteiger partial charge in [-0.15, -0.1) is 0 Å². The molecule has 2 unspecified atom stereocenters. The summed E-state index contributed by atoms with van der Waals surface area (Å²) in [4.78, 5) is 11.6. The Bertz CT molecular complexity index is 1220. The molecule has 2 atom stereocenters. The van der Waals surface area contributed by atoms with Crippen molar-refractivity contribution in [1.82, 2.24) is 19.8 Å². The summed E-state index contributed by atoms with van der Waals surface area (Å²) in [5.74, 6) is -2.75. The third kappa shape index (κ3) is 4.04. The summed E-state index contributed by atoms with van der Waals surface area (Å²) >= 11 is 0. The molecular formula is C24H24F3N5O2. The van der Waals surface area contributed by atoms with Gasteiger partial charge in [-0.25, -0.2) is 18.2 Å². The van der Waals surface area contributed by atoms with E-state index in [4.69, 9.17) is 9.57 Å². The van der Waals surface area contributed by atoms with Gasteiger partial charge in [-0.3, -0.25) is 0 Å². The van der Waals surface area contributed by atoms with E-state index in [1.807, 2.05) is 40.8 Å². The van der Waals surface area contributed by atoms with Crippen LogP contribution in [-0.2, 0) is 4.84 Å². The fourth-order valence-corrected chi connectivity index (χ4v) is 4.49. The van der Waals surface area contributed by atoms with Crippen LogP contribution >= 0.6 is 0 Å². The van der Waals surface area contributed by atoms with E-state index < -0.39 is 23.5 Å². The van der Waals surface area contributed by atoms with Crippen molar-refractivity contribution in [2.24, 2.45) is 5.16 Å². The van der Waals surface area contributed by atoms with E-state index in [-0.39, 0.29) is 12.6 Å². The van der Waals surface area contributed by atoms with Gasteiger partial charge in [0, 0.05) is 12.7 Å². The zero-order chi connectivity index (χ0) is 23.8. The molecule has 2 aromatic carbocycles. The number of rotatable bonds is 4. The van der Waals surface area contributed by atoms with Crippen LogP contribution in [0.4, 0.5) is 13.2 Å². The summed E-state index contributed by atoms with van der Waals surface area (Å²) < 4.78 is 48.8.